The van der Waals surface area contributed by atoms with Crippen molar-refractivity contribution in [1.82, 2.24) is 30.1 Å². The number of amides is 2. The van der Waals surface area contributed by atoms with Crippen LogP contribution in [0.3, 0.4) is 0 Å². The Morgan fingerprint density at radius 3 is 2.44 bits per heavy atom. The summed E-state index contributed by atoms with van der Waals surface area (Å²) in [6.45, 7) is 6.98. The lowest BCUT2D eigenvalue weighted by Crippen LogP contribution is -2.47. The van der Waals surface area contributed by atoms with Crippen LogP contribution in [0.5, 0.6) is 11.6 Å². The van der Waals surface area contributed by atoms with Gasteiger partial charge in [-0.25, -0.2) is 4.98 Å². The molecule has 2 aliphatic heterocycles. The van der Waals surface area contributed by atoms with E-state index in [1.165, 1.54) is 0 Å². The van der Waals surface area contributed by atoms with Crippen LogP contribution in [0, 0.1) is 5.92 Å². The van der Waals surface area contributed by atoms with Gasteiger partial charge in [-0.1, -0.05) is 41.4 Å². The second kappa shape index (κ2) is 17.0. The van der Waals surface area contributed by atoms with Gasteiger partial charge in [0, 0.05) is 106 Å². The monoisotopic (exact) mass is 747 g/mol. The number of nitrogens with zero attached hydrogens (tertiary/aromatic N) is 5. The molecular weight excluding hydrogens is 705 g/mol. The van der Waals surface area contributed by atoms with Crippen LogP contribution in [-0.4, -0.2) is 96.7 Å². The molecule has 0 radical (unpaired) electrons. The van der Waals surface area contributed by atoms with Gasteiger partial charge >= 0.3 is 0 Å². The molecule has 0 spiro atoms. The maximum absolute atomic E-state index is 13.4. The summed E-state index contributed by atoms with van der Waals surface area (Å²) in [5.41, 5.74) is 4.61. The fourth-order valence-corrected chi connectivity index (χ4v) is 7.27. The Balaban J connectivity index is 1.15. The molecular formula is C38H43Cl2N7O5. The van der Waals surface area contributed by atoms with Crippen LogP contribution in [-0.2, 0) is 22.6 Å². The number of nitrogens with one attached hydrogen (secondary N) is 2. The third-order valence-corrected chi connectivity index (χ3v) is 10.3. The van der Waals surface area contributed by atoms with E-state index < -0.39 is 5.91 Å². The summed E-state index contributed by atoms with van der Waals surface area (Å²) in [7, 11) is 4.88. The zero-order valence-corrected chi connectivity index (χ0v) is 31.3. The molecule has 5 heterocycles. The van der Waals surface area contributed by atoms with E-state index in [1.807, 2.05) is 17.0 Å². The molecule has 3 aromatic heterocycles. The minimum absolute atomic E-state index is 0.116. The highest BCUT2D eigenvalue weighted by Gasteiger charge is 2.28. The molecule has 0 saturated carbocycles. The molecule has 2 amide bonds. The first-order valence-corrected chi connectivity index (χ1v) is 18.0. The number of anilines is 1. The standard InChI is InChI=1S/C38H43Cl2N7O5/c1-23(48)47-14-11-27(12-15-47)42-17-25-8-9-30(45-38(25)52-4)28-10-13-41-36(35(28)40)29-6-5-7-31(34(29)39)44-37(49)32-16-33(51-3)26(18-43-32)21-46-19-24(20-46)22-50-2/h5-10,13,16,18,24,27,42H,11-12,14-15,17,19-22H2,1-4H3,(H,44,49). The molecule has 2 saturated heterocycles. The maximum atomic E-state index is 13.4. The highest BCUT2D eigenvalue weighted by molar-refractivity contribution is 6.39. The number of piperidine rings is 1. The van der Waals surface area contributed by atoms with Gasteiger partial charge in [0.2, 0.25) is 11.8 Å². The van der Waals surface area contributed by atoms with E-state index in [-0.39, 0.29) is 16.6 Å². The van der Waals surface area contributed by atoms with E-state index in [9.17, 15) is 9.59 Å². The van der Waals surface area contributed by atoms with Crippen molar-refractivity contribution in [2.24, 2.45) is 5.92 Å². The van der Waals surface area contributed by atoms with Crippen molar-refractivity contribution in [3.8, 4) is 34.1 Å². The Kier molecular flexibility index (Phi) is 12.2. The second-order valence-corrected chi connectivity index (χ2v) is 13.8. The summed E-state index contributed by atoms with van der Waals surface area (Å²) in [6.07, 6.45) is 5.11. The van der Waals surface area contributed by atoms with Crippen molar-refractivity contribution in [2.75, 3.05) is 59.4 Å². The molecule has 52 heavy (non-hydrogen) atoms. The van der Waals surface area contributed by atoms with Gasteiger partial charge in [0.25, 0.3) is 5.91 Å². The van der Waals surface area contributed by atoms with Crippen LogP contribution in [0.2, 0.25) is 10.0 Å². The van der Waals surface area contributed by atoms with Gasteiger partial charge in [0.15, 0.2) is 0 Å². The Labute approximate surface area is 313 Å². The third kappa shape index (κ3) is 8.48. The van der Waals surface area contributed by atoms with Crippen molar-refractivity contribution in [3.63, 3.8) is 0 Å². The van der Waals surface area contributed by atoms with Gasteiger partial charge < -0.3 is 29.7 Å². The predicted octanol–water partition coefficient (Wildman–Crippen LogP) is 5.96. The van der Waals surface area contributed by atoms with E-state index in [0.717, 1.165) is 56.8 Å². The van der Waals surface area contributed by atoms with Gasteiger partial charge in [-0.3, -0.25) is 24.5 Å². The molecule has 0 atom stereocenters. The van der Waals surface area contributed by atoms with E-state index in [4.69, 9.17) is 42.4 Å². The number of carbonyl (C=O) groups is 2. The molecule has 0 aliphatic carbocycles. The number of rotatable bonds is 13. The number of hydrogen-bond acceptors (Lipinski definition) is 10. The van der Waals surface area contributed by atoms with Crippen molar-refractivity contribution >= 4 is 40.7 Å². The van der Waals surface area contributed by atoms with Gasteiger partial charge in [-0.2, -0.15) is 0 Å². The van der Waals surface area contributed by atoms with E-state index in [0.29, 0.717) is 69.9 Å². The quantitative estimate of drug-likeness (QED) is 0.169. The zero-order valence-electron chi connectivity index (χ0n) is 29.7. The van der Waals surface area contributed by atoms with Crippen molar-refractivity contribution < 1.29 is 23.8 Å². The van der Waals surface area contributed by atoms with Crippen LogP contribution in [0.25, 0.3) is 22.5 Å². The molecule has 0 bridgehead atoms. The number of benzene rings is 1. The Hall–Kier alpha value is -4.33. The first-order valence-electron chi connectivity index (χ1n) is 17.2. The Morgan fingerprint density at radius 2 is 1.73 bits per heavy atom. The van der Waals surface area contributed by atoms with Crippen molar-refractivity contribution in [3.05, 3.63) is 81.7 Å². The summed E-state index contributed by atoms with van der Waals surface area (Å²) >= 11 is 13.9. The lowest BCUT2D eigenvalue weighted by molar-refractivity contribution is -0.129. The number of hydrogen-bond donors (Lipinski definition) is 2. The zero-order chi connectivity index (χ0) is 36.8. The van der Waals surface area contributed by atoms with Crippen LogP contribution in [0.15, 0.2) is 54.9 Å². The van der Waals surface area contributed by atoms with Gasteiger partial charge in [-0.15, -0.1) is 0 Å². The molecule has 0 unspecified atom stereocenters. The largest absolute Gasteiger partial charge is 0.496 e. The van der Waals surface area contributed by atoms with Gasteiger partial charge in [-0.05, 0) is 31.0 Å². The highest BCUT2D eigenvalue weighted by atomic mass is 35.5. The molecule has 2 fully saturated rings. The predicted molar refractivity (Wildman–Crippen MR) is 201 cm³/mol. The van der Waals surface area contributed by atoms with Gasteiger partial charge in [0.05, 0.1) is 47.9 Å². The highest BCUT2D eigenvalue weighted by Crippen LogP contribution is 2.40. The van der Waals surface area contributed by atoms with Crippen molar-refractivity contribution in [1.29, 1.82) is 0 Å². The lowest BCUT2D eigenvalue weighted by atomic mass is 10.0. The summed E-state index contributed by atoms with van der Waals surface area (Å²) in [6, 6.07) is 12.9. The molecule has 2 N–H and O–H groups in total. The van der Waals surface area contributed by atoms with Crippen LogP contribution >= 0.6 is 23.2 Å². The number of ether oxygens (including phenoxy) is 3. The van der Waals surface area contributed by atoms with Crippen LogP contribution in [0.4, 0.5) is 5.69 Å². The number of halogens is 2. The third-order valence-electron chi connectivity index (χ3n) is 9.55. The maximum Gasteiger partial charge on any atom is 0.274 e. The first-order chi connectivity index (χ1) is 25.2. The molecule has 14 heteroatoms. The smallest absolute Gasteiger partial charge is 0.274 e. The summed E-state index contributed by atoms with van der Waals surface area (Å²) < 4.78 is 16.5. The number of aromatic nitrogens is 3. The molecule has 274 valence electrons. The lowest BCUT2D eigenvalue weighted by Gasteiger charge is -2.39. The molecule has 4 aromatic rings. The number of methoxy groups -OCH3 is 3. The fourth-order valence-electron chi connectivity index (χ4n) is 6.70. The van der Waals surface area contributed by atoms with Gasteiger partial charge in [0.1, 0.15) is 11.4 Å². The average molecular weight is 749 g/mol. The summed E-state index contributed by atoms with van der Waals surface area (Å²) in [5.74, 6) is 1.28. The van der Waals surface area contributed by atoms with E-state index in [1.54, 1.807) is 71.0 Å². The molecule has 12 nitrogen and oxygen atoms in total. The minimum Gasteiger partial charge on any atom is -0.496 e. The molecule has 1 aromatic carbocycles. The summed E-state index contributed by atoms with van der Waals surface area (Å²) in [5, 5.41) is 7.09. The summed E-state index contributed by atoms with van der Waals surface area (Å²) in [4.78, 5) is 43.0. The number of likely N-dealkylation sites (tertiary alicyclic amines) is 2. The SMILES string of the molecule is COCC1CN(Cc2cnc(C(=O)Nc3cccc(-c4nccc(-c5ccc(CNC6CCN(C(C)=O)CC6)c(OC)n5)c4Cl)c3Cl)cc2OC)C1. The van der Waals surface area contributed by atoms with Crippen molar-refractivity contribution in [2.45, 2.75) is 38.9 Å². The Bertz CT molecular complexity index is 1920. The normalized spacial score (nSPS) is 15.3. The average Bonchev–Trinajstić information content (AvgIpc) is 3.14. The fraction of sp³-hybridized carbons (Fsp3) is 0.395. The number of pyridine rings is 3. The molecule has 6 rings (SSSR count). The van der Waals surface area contributed by atoms with E-state index >= 15 is 0 Å². The first kappa shape index (κ1) is 37.4. The second-order valence-electron chi connectivity index (χ2n) is 13.1. The van der Waals surface area contributed by atoms with Crippen LogP contribution < -0.4 is 20.1 Å². The van der Waals surface area contributed by atoms with Crippen LogP contribution in [0.1, 0.15) is 41.4 Å². The Morgan fingerprint density at radius 1 is 0.942 bits per heavy atom. The van der Waals surface area contributed by atoms with E-state index in [2.05, 4.69) is 25.5 Å². The topological polar surface area (TPSA) is 131 Å². The minimum atomic E-state index is -0.437. The number of carbonyl (C=O) groups excluding carboxylic acids is 2. The molecule has 2 aliphatic rings.